The number of alkyl halides is 1. The third-order valence-electron chi connectivity index (χ3n) is 4.85. The molecule has 0 bridgehead atoms. The van der Waals surface area contributed by atoms with Crippen LogP contribution in [0, 0.1) is 0 Å². The number of nitrogens with one attached hydrogen (secondary N) is 1. The molecule has 0 heterocycles. The summed E-state index contributed by atoms with van der Waals surface area (Å²) in [7, 11) is 0. The van der Waals surface area contributed by atoms with Crippen LogP contribution in [0.5, 0.6) is 0 Å². The molecule has 0 aromatic heterocycles. The van der Waals surface area contributed by atoms with Crippen molar-refractivity contribution in [1.82, 2.24) is 0 Å². The van der Waals surface area contributed by atoms with Crippen molar-refractivity contribution in [3.63, 3.8) is 0 Å². The second-order valence-electron chi connectivity index (χ2n) is 7.88. The average molecular weight is 535 g/mol. The maximum atomic E-state index is 11.4. The Bertz CT molecular complexity index is 946. The minimum atomic E-state index is -0.606. The molecular weight excluding hydrogens is 505 g/mol. The van der Waals surface area contributed by atoms with E-state index in [9.17, 15) is 9.59 Å². The van der Waals surface area contributed by atoms with Crippen LogP contribution < -0.4 is 27.1 Å². The van der Waals surface area contributed by atoms with E-state index in [0.29, 0.717) is 11.1 Å². The van der Waals surface area contributed by atoms with Gasteiger partial charge in [0.15, 0.2) is 0 Å². The van der Waals surface area contributed by atoms with Gasteiger partial charge in [0.2, 0.25) is 0 Å². The zero-order chi connectivity index (χ0) is 23.0. The molecule has 2 N–H and O–H groups in total. The summed E-state index contributed by atoms with van der Waals surface area (Å²) in [5.41, 5.74) is 7.78. The van der Waals surface area contributed by atoms with Gasteiger partial charge in [-0.2, -0.15) is 4.84 Å². The van der Waals surface area contributed by atoms with Gasteiger partial charge in [-0.3, -0.25) is 0 Å². The first-order valence-electron chi connectivity index (χ1n) is 9.92. The average Bonchev–Trinajstić information content (AvgIpc) is 2.75. The standard InChI is InChI=1S/C25H29INO4/c1-17(2)23(28)30-26-16-15-19-7-9-20(10-8-19)25(5,6)21-11-13-22(14-12-21)27-31-24(29)18(3)4/h7-14,27H,1,3,15-16H2,2,4-6H3/q-1/p+1. The van der Waals surface area contributed by atoms with Crippen molar-refractivity contribution < 1.29 is 39.1 Å². The van der Waals surface area contributed by atoms with Crippen molar-refractivity contribution in [2.75, 3.05) is 9.91 Å². The monoisotopic (exact) mass is 535 g/mol. The van der Waals surface area contributed by atoms with Crippen molar-refractivity contribution in [2.45, 2.75) is 39.5 Å². The quantitative estimate of drug-likeness (QED) is 0.126. The van der Waals surface area contributed by atoms with Crippen LogP contribution in [0.2, 0.25) is 0 Å². The van der Waals surface area contributed by atoms with E-state index >= 15 is 0 Å². The number of halogens is 1. The molecule has 31 heavy (non-hydrogen) atoms. The molecule has 166 valence electrons. The molecule has 0 unspecified atom stereocenters. The van der Waals surface area contributed by atoms with Crippen LogP contribution >= 0.6 is 0 Å². The Balaban J connectivity index is 1.95. The number of benzene rings is 2. The van der Waals surface area contributed by atoms with E-state index in [-0.39, 0.29) is 17.4 Å². The van der Waals surface area contributed by atoms with Crippen LogP contribution in [0.3, 0.4) is 0 Å². The Kier molecular flexibility index (Phi) is 8.86. The Morgan fingerprint density at radius 1 is 1.00 bits per heavy atom. The summed E-state index contributed by atoms with van der Waals surface area (Å²) in [6.45, 7) is 14.9. The predicted octanol–water partition coefficient (Wildman–Crippen LogP) is 2.10. The van der Waals surface area contributed by atoms with E-state index in [1.807, 2.05) is 24.3 Å². The molecular formula is C25H30INO4. The number of anilines is 1. The van der Waals surface area contributed by atoms with Crippen LogP contribution in [-0.4, -0.2) is 21.2 Å². The summed E-state index contributed by atoms with van der Waals surface area (Å²) in [6, 6.07) is 16.5. The fourth-order valence-electron chi connectivity index (χ4n) is 2.71. The molecule has 0 saturated heterocycles. The molecule has 0 fully saturated rings. The van der Waals surface area contributed by atoms with E-state index in [4.69, 9.17) is 7.90 Å². The molecule has 6 heteroatoms. The van der Waals surface area contributed by atoms with Crippen molar-refractivity contribution in [2.24, 2.45) is 0 Å². The molecule has 2 rings (SSSR count). The van der Waals surface area contributed by atoms with Crippen LogP contribution in [-0.2, 0) is 24.5 Å². The second-order valence-corrected chi connectivity index (χ2v) is 10.0. The molecule has 0 aliphatic carbocycles. The molecule has 0 radical (unpaired) electrons. The summed E-state index contributed by atoms with van der Waals surface area (Å²) in [5, 5.41) is 0. The molecule has 2 aromatic rings. The van der Waals surface area contributed by atoms with Gasteiger partial charge < -0.3 is 4.79 Å². The first-order valence-corrected chi connectivity index (χ1v) is 12.3. The number of rotatable bonds is 10. The molecule has 0 aliphatic rings. The van der Waals surface area contributed by atoms with Gasteiger partial charge in [0.25, 0.3) is 0 Å². The summed E-state index contributed by atoms with van der Waals surface area (Å²) in [4.78, 5) is 26.1. The predicted molar refractivity (Wildman–Crippen MR) is 121 cm³/mol. The van der Waals surface area contributed by atoms with Crippen LogP contribution in [0.25, 0.3) is 0 Å². The van der Waals surface area contributed by atoms with Crippen LogP contribution in [0.4, 0.5) is 5.69 Å². The molecule has 0 aliphatic heterocycles. The second kappa shape index (κ2) is 11.1. The Morgan fingerprint density at radius 3 is 2.06 bits per heavy atom. The number of hydrogen-bond acceptors (Lipinski definition) is 4. The van der Waals surface area contributed by atoms with Gasteiger partial charge in [-0.15, -0.1) is 0 Å². The van der Waals surface area contributed by atoms with Gasteiger partial charge >= 0.3 is 167 Å². The normalized spacial score (nSPS) is 11.0. The summed E-state index contributed by atoms with van der Waals surface area (Å²) < 4.78 is 6.14. The molecule has 0 atom stereocenters. The Labute approximate surface area is 195 Å². The molecule has 5 nitrogen and oxygen atoms in total. The Hall–Kier alpha value is -2.61. The van der Waals surface area contributed by atoms with Crippen molar-refractivity contribution in [3.05, 3.63) is 89.5 Å². The molecule has 0 amide bonds. The topological polar surface area (TPSA) is 69.0 Å². The summed E-state index contributed by atoms with van der Waals surface area (Å²) in [5.74, 6) is -0.524. The van der Waals surface area contributed by atoms with Crippen LogP contribution in [0.15, 0.2) is 72.8 Å². The number of aryl methyl sites for hydroxylation is 1. The number of hydrogen-bond donors (Lipinski definition) is 1. The maximum absolute atomic E-state index is 11.4. The van der Waals surface area contributed by atoms with Crippen molar-refractivity contribution >= 4 is 17.6 Å². The van der Waals surface area contributed by atoms with E-state index in [0.717, 1.165) is 22.1 Å². The van der Waals surface area contributed by atoms with Crippen LogP contribution in [0.1, 0.15) is 44.4 Å². The first-order chi connectivity index (χ1) is 14.6. The fourth-order valence-corrected chi connectivity index (χ4v) is 4.43. The molecule has 2 aromatic carbocycles. The van der Waals surface area contributed by atoms with Gasteiger partial charge in [0.05, 0.1) is 5.57 Å². The van der Waals surface area contributed by atoms with Gasteiger partial charge in [-0.25, -0.2) is 0 Å². The third-order valence-corrected chi connectivity index (χ3v) is 6.54. The molecule has 0 saturated carbocycles. The fraction of sp³-hybridized carbons (Fsp3) is 0.280. The van der Waals surface area contributed by atoms with E-state index in [1.54, 1.807) is 13.8 Å². The van der Waals surface area contributed by atoms with Gasteiger partial charge in [0.1, 0.15) is 0 Å². The number of carbonyl (C=O) groups is 1. The SMILES string of the molecule is C=C(C)C(=O)O[I-]CCc1ccc(C(C)(C)c2ccc(NOC(=[OH+])C(=C)C)cc2)cc1. The number of carbonyl (C=O) groups excluding carboxylic acids is 2. The van der Waals surface area contributed by atoms with Gasteiger partial charge in [-0.05, 0) is 6.92 Å². The zero-order valence-corrected chi connectivity index (χ0v) is 20.7. The van der Waals surface area contributed by atoms with Gasteiger partial charge in [0, 0.05) is 0 Å². The van der Waals surface area contributed by atoms with E-state index in [2.05, 4.69) is 56.8 Å². The molecule has 0 spiro atoms. The first kappa shape index (κ1) is 24.7. The minimum absolute atomic E-state index is 0.173. The van der Waals surface area contributed by atoms with E-state index in [1.165, 1.54) is 11.1 Å². The Morgan fingerprint density at radius 2 is 1.55 bits per heavy atom. The van der Waals surface area contributed by atoms with Crippen molar-refractivity contribution in [1.29, 1.82) is 0 Å². The van der Waals surface area contributed by atoms with Gasteiger partial charge in [-0.1, -0.05) is 6.58 Å². The van der Waals surface area contributed by atoms with E-state index < -0.39 is 21.6 Å². The summed E-state index contributed by atoms with van der Waals surface area (Å²) >= 11 is -0.606. The summed E-state index contributed by atoms with van der Waals surface area (Å²) in [6.07, 6.45) is 0.895. The zero-order valence-electron chi connectivity index (χ0n) is 18.5. The third kappa shape index (κ3) is 7.24. The van der Waals surface area contributed by atoms with Crippen molar-refractivity contribution in [3.8, 4) is 0 Å².